The maximum absolute atomic E-state index is 11.3. The van der Waals surface area contributed by atoms with Crippen LogP contribution in [0.3, 0.4) is 0 Å². The average molecular weight is 230 g/mol. The third-order valence-corrected chi connectivity index (χ3v) is 2.76. The van der Waals surface area contributed by atoms with Crippen molar-refractivity contribution < 1.29 is 17.4 Å². The first kappa shape index (κ1) is 11.6. The molecule has 82 valence electrons. The summed E-state index contributed by atoms with van der Waals surface area (Å²) in [5.74, 6) is -0.996. The summed E-state index contributed by atoms with van der Waals surface area (Å²) >= 11 is 0. The summed E-state index contributed by atoms with van der Waals surface area (Å²) in [4.78, 5) is 14.9. The standard InChI is InChI=1S/C8H10N2O4S/c1-10(2)15(12,13)14-8(11)7-5-3-4-6-9-7/h3-6H,1-2H3. The van der Waals surface area contributed by atoms with E-state index in [4.69, 9.17) is 0 Å². The fourth-order valence-corrected chi connectivity index (χ4v) is 1.12. The number of aromatic nitrogens is 1. The molecule has 1 rings (SSSR count). The van der Waals surface area contributed by atoms with Crippen molar-refractivity contribution in [1.82, 2.24) is 9.29 Å². The van der Waals surface area contributed by atoms with Gasteiger partial charge in [0.2, 0.25) is 0 Å². The lowest BCUT2D eigenvalue weighted by Crippen LogP contribution is -2.27. The number of hydrogen-bond acceptors (Lipinski definition) is 5. The largest absolute Gasteiger partial charge is 0.387 e. The van der Waals surface area contributed by atoms with Gasteiger partial charge in [-0.2, -0.15) is 12.7 Å². The molecule has 0 aromatic carbocycles. The molecule has 0 aliphatic heterocycles. The summed E-state index contributed by atoms with van der Waals surface area (Å²) in [5, 5.41) is 0. The minimum Gasteiger partial charge on any atom is -0.328 e. The smallest absolute Gasteiger partial charge is 0.328 e. The number of nitrogens with zero attached hydrogens (tertiary/aromatic N) is 2. The third-order valence-electron chi connectivity index (χ3n) is 1.50. The zero-order chi connectivity index (χ0) is 11.5. The van der Waals surface area contributed by atoms with E-state index in [0.717, 1.165) is 4.31 Å². The van der Waals surface area contributed by atoms with E-state index < -0.39 is 16.3 Å². The second kappa shape index (κ2) is 4.37. The van der Waals surface area contributed by atoms with Gasteiger partial charge >= 0.3 is 16.3 Å². The van der Waals surface area contributed by atoms with Crippen LogP contribution < -0.4 is 0 Å². The van der Waals surface area contributed by atoms with Crippen molar-refractivity contribution in [2.45, 2.75) is 0 Å². The molecule has 0 spiro atoms. The number of hydrogen-bond donors (Lipinski definition) is 0. The molecule has 0 aliphatic carbocycles. The first-order valence-electron chi connectivity index (χ1n) is 4.01. The minimum absolute atomic E-state index is 0.0528. The third kappa shape index (κ3) is 3.00. The topological polar surface area (TPSA) is 76.6 Å². The Balaban J connectivity index is 2.82. The molecular formula is C8H10N2O4S. The van der Waals surface area contributed by atoms with Crippen molar-refractivity contribution >= 4 is 16.3 Å². The van der Waals surface area contributed by atoms with Crippen LogP contribution in [0.25, 0.3) is 0 Å². The fourth-order valence-electron chi connectivity index (χ4n) is 0.696. The number of rotatable bonds is 3. The molecule has 0 N–H and O–H groups in total. The van der Waals surface area contributed by atoms with Gasteiger partial charge in [-0.1, -0.05) is 6.07 Å². The minimum atomic E-state index is -4.00. The molecule has 0 atom stereocenters. The maximum Gasteiger partial charge on any atom is 0.387 e. The van der Waals surface area contributed by atoms with E-state index in [1.54, 1.807) is 12.1 Å². The van der Waals surface area contributed by atoms with Crippen molar-refractivity contribution in [3.63, 3.8) is 0 Å². The van der Waals surface area contributed by atoms with E-state index in [2.05, 4.69) is 9.17 Å². The summed E-state index contributed by atoms with van der Waals surface area (Å²) in [6.45, 7) is 0. The molecule has 0 bridgehead atoms. The van der Waals surface area contributed by atoms with Crippen LogP contribution in [0.5, 0.6) is 0 Å². The van der Waals surface area contributed by atoms with Gasteiger partial charge in [-0.25, -0.2) is 9.78 Å². The van der Waals surface area contributed by atoms with Crippen molar-refractivity contribution in [1.29, 1.82) is 0 Å². The highest BCUT2D eigenvalue weighted by Crippen LogP contribution is 2.03. The molecule has 1 aromatic rings. The Labute approximate surface area is 87.8 Å². The Hall–Kier alpha value is -1.47. The van der Waals surface area contributed by atoms with E-state index in [0.29, 0.717) is 0 Å². The second-order valence-electron chi connectivity index (χ2n) is 2.83. The second-order valence-corrected chi connectivity index (χ2v) is 4.58. The van der Waals surface area contributed by atoms with Gasteiger partial charge in [0.15, 0.2) is 0 Å². The van der Waals surface area contributed by atoms with E-state index in [1.807, 2.05) is 0 Å². The molecule has 1 heterocycles. The van der Waals surface area contributed by atoms with Crippen molar-refractivity contribution in [2.24, 2.45) is 0 Å². The van der Waals surface area contributed by atoms with E-state index in [-0.39, 0.29) is 5.69 Å². The molecule has 0 saturated heterocycles. The van der Waals surface area contributed by atoms with Gasteiger partial charge in [-0.3, -0.25) is 0 Å². The van der Waals surface area contributed by atoms with Crippen LogP contribution in [0.2, 0.25) is 0 Å². The molecule has 0 unspecified atom stereocenters. The van der Waals surface area contributed by atoms with E-state index in [9.17, 15) is 13.2 Å². The monoisotopic (exact) mass is 230 g/mol. The summed E-state index contributed by atoms with van der Waals surface area (Å²) in [6.07, 6.45) is 1.37. The number of carbonyl (C=O) groups is 1. The highest BCUT2D eigenvalue weighted by molar-refractivity contribution is 7.84. The molecule has 1 aromatic heterocycles. The quantitative estimate of drug-likeness (QED) is 0.733. The molecule has 0 amide bonds. The van der Waals surface area contributed by atoms with Crippen LogP contribution in [0.1, 0.15) is 10.5 Å². The Bertz CT molecular complexity index is 441. The molecule has 0 saturated carbocycles. The summed E-state index contributed by atoms with van der Waals surface area (Å²) < 4.78 is 27.4. The molecule has 7 heteroatoms. The lowest BCUT2D eigenvalue weighted by atomic mass is 10.4. The SMILES string of the molecule is CN(C)S(=O)(=O)OC(=O)c1ccccn1. The lowest BCUT2D eigenvalue weighted by molar-refractivity contribution is 0.0729. The Morgan fingerprint density at radius 1 is 1.40 bits per heavy atom. The average Bonchev–Trinajstić information content (AvgIpc) is 2.18. The van der Waals surface area contributed by atoms with Gasteiger partial charge in [0, 0.05) is 20.3 Å². The van der Waals surface area contributed by atoms with Gasteiger partial charge in [-0.15, -0.1) is 0 Å². The maximum atomic E-state index is 11.3. The van der Waals surface area contributed by atoms with Crippen LogP contribution in [0.15, 0.2) is 24.4 Å². The number of pyridine rings is 1. The van der Waals surface area contributed by atoms with Gasteiger partial charge in [0.1, 0.15) is 5.69 Å². The molecule has 0 radical (unpaired) electrons. The van der Waals surface area contributed by atoms with Gasteiger partial charge in [0.05, 0.1) is 0 Å². The van der Waals surface area contributed by atoms with E-state index in [1.165, 1.54) is 26.4 Å². The van der Waals surface area contributed by atoms with Crippen molar-refractivity contribution in [3.05, 3.63) is 30.1 Å². The molecule has 0 aliphatic rings. The Kier molecular flexibility index (Phi) is 3.38. The zero-order valence-electron chi connectivity index (χ0n) is 8.25. The van der Waals surface area contributed by atoms with Crippen LogP contribution in [0.4, 0.5) is 0 Å². The van der Waals surface area contributed by atoms with Gasteiger partial charge < -0.3 is 4.18 Å². The Morgan fingerprint density at radius 3 is 2.53 bits per heavy atom. The van der Waals surface area contributed by atoms with Crippen LogP contribution in [0, 0.1) is 0 Å². The Morgan fingerprint density at radius 2 is 2.07 bits per heavy atom. The highest BCUT2D eigenvalue weighted by Gasteiger charge is 2.21. The fraction of sp³-hybridized carbons (Fsp3) is 0.250. The molecular weight excluding hydrogens is 220 g/mol. The van der Waals surface area contributed by atoms with Crippen molar-refractivity contribution in [3.8, 4) is 0 Å². The van der Waals surface area contributed by atoms with Crippen molar-refractivity contribution in [2.75, 3.05) is 14.1 Å². The summed E-state index contributed by atoms with van der Waals surface area (Å²) in [7, 11) is -1.47. The molecule has 15 heavy (non-hydrogen) atoms. The van der Waals surface area contributed by atoms with E-state index >= 15 is 0 Å². The first-order valence-corrected chi connectivity index (χ1v) is 5.37. The first-order chi connectivity index (χ1) is 6.93. The number of carbonyl (C=O) groups excluding carboxylic acids is 1. The summed E-state index contributed by atoms with van der Waals surface area (Å²) in [6, 6.07) is 4.54. The predicted octanol–water partition coefficient (Wildman–Crippen LogP) is 0.0448. The normalized spacial score (nSPS) is 11.4. The molecule has 6 nitrogen and oxygen atoms in total. The van der Waals surface area contributed by atoms with Crippen LogP contribution >= 0.6 is 0 Å². The van der Waals surface area contributed by atoms with Crippen LogP contribution in [-0.2, 0) is 14.5 Å². The van der Waals surface area contributed by atoms with Gasteiger partial charge in [0.25, 0.3) is 0 Å². The lowest BCUT2D eigenvalue weighted by Gasteiger charge is -2.09. The molecule has 0 fully saturated rings. The van der Waals surface area contributed by atoms with Crippen LogP contribution in [-0.4, -0.2) is 37.8 Å². The predicted molar refractivity (Wildman–Crippen MR) is 52.3 cm³/mol. The summed E-state index contributed by atoms with van der Waals surface area (Å²) in [5.41, 5.74) is -0.0528. The van der Waals surface area contributed by atoms with Gasteiger partial charge in [-0.05, 0) is 12.1 Å². The zero-order valence-corrected chi connectivity index (χ0v) is 9.06. The highest BCUT2D eigenvalue weighted by atomic mass is 32.2.